The van der Waals surface area contributed by atoms with Crippen molar-refractivity contribution in [3.05, 3.63) is 40.1 Å². The first-order valence-electron chi connectivity index (χ1n) is 4.39. The van der Waals surface area contributed by atoms with Crippen molar-refractivity contribution in [2.45, 2.75) is 13.3 Å². The number of benzene rings is 1. The van der Waals surface area contributed by atoms with Gasteiger partial charge in [0.25, 0.3) is 5.56 Å². The summed E-state index contributed by atoms with van der Waals surface area (Å²) in [5, 5.41) is 6.84. The highest BCUT2D eigenvalue weighted by atomic mass is 19.1. The van der Waals surface area contributed by atoms with Crippen LogP contribution in [-0.2, 0) is 6.42 Å². The Morgan fingerprint density at radius 2 is 2.29 bits per heavy atom. The van der Waals surface area contributed by atoms with E-state index in [1.165, 1.54) is 6.07 Å². The molecule has 1 aromatic heterocycles. The molecule has 0 fully saturated rings. The van der Waals surface area contributed by atoms with Gasteiger partial charge in [-0.25, -0.2) is 9.49 Å². The molecule has 4 heteroatoms. The van der Waals surface area contributed by atoms with E-state index in [1.54, 1.807) is 12.1 Å². The number of aryl methyl sites for hydroxylation is 1. The van der Waals surface area contributed by atoms with Gasteiger partial charge in [0.15, 0.2) is 0 Å². The first-order valence-corrected chi connectivity index (χ1v) is 4.39. The lowest BCUT2D eigenvalue weighted by molar-refractivity contribution is 0.637. The summed E-state index contributed by atoms with van der Waals surface area (Å²) in [5.74, 6) is -0.499. The average Bonchev–Trinajstić information content (AvgIpc) is 2.18. The normalized spacial score (nSPS) is 10.7. The Morgan fingerprint density at radius 3 is 3.00 bits per heavy atom. The number of hydrogen-bond acceptors (Lipinski definition) is 2. The van der Waals surface area contributed by atoms with Gasteiger partial charge < -0.3 is 0 Å². The molecule has 0 spiro atoms. The molecule has 0 saturated carbocycles. The Labute approximate surface area is 79.6 Å². The maximum Gasteiger partial charge on any atom is 0.275 e. The van der Waals surface area contributed by atoms with Crippen molar-refractivity contribution >= 4 is 10.8 Å². The molecule has 14 heavy (non-hydrogen) atoms. The molecule has 1 heterocycles. The lowest BCUT2D eigenvalue weighted by Gasteiger charge is -2.01. The van der Waals surface area contributed by atoms with E-state index < -0.39 is 11.4 Å². The lowest BCUT2D eigenvalue weighted by atomic mass is 10.1. The maximum absolute atomic E-state index is 13.3. The van der Waals surface area contributed by atoms with Crippen molar-refractivity contribution in [3.63, 3.8) is 0 Å². The van der Waals surface area contributed by atoms with Crippen LogP contribution in [0.5, 0.6) is 0 Å². The fraction of sp³-hybridized carbons (Fsp3) is 0.200. The highest BCUT2D eigenvalue weighted by Crippen LogP contribution is 2.15. The van der Waals surface area contributed by atoms with Crippen LogP contribution < -0.4 is 5.56 Å². The van der Waals surface area contributed by atoms with Crippen molar-refractivity contribution in [3.8, 4) is 0 Å². The van der Waals surface area contributed by atoms with Gasteiger partial charge in [-0.05, 0) is 12.5 Å². The minimum atomic E-state index is -0.499. The summed E-state index contributed by atoms with van der Waals surface area (Å²) in [5.41, 5.74) is 0.231. The fourth-order valence-corrected chi connectivity index (χ4v) is 1.50. The summed E-state index contributed by atoms with van der Waals surface area (Å²) < 4.78 is 13.3. The van der Waals surface area contributed by atoms with E-state index in [0.717, 1.165) is 0 Å². The van der Waals surface area contributed by atoms with Crippen molar-refractivity contribution < 1.29 is 4.39 Å². The van der Waals surface area contributed by atoms with E-state index in [-0.39, 0.29) is 5.39 Å². The first-order chi connectivity index (χ1) is 6.74. The quantitative estimate of drug-likeness (QED) is 0.746. The SMILES string of the molecule is CCc1n[nH]c(=O)c2c(F)cccc12. The van der Waals surface area contributed by atoms with Crippen LogP contribution in [0.4, 0.5) is 4.39 Å². The van der Waals surface area contributed by atoms with Gasteiger partial charge in [-0.1, -0.05) is 19.1 Å². The number of rotatable bonds is 1. The molecule has 0 saturated heterocycles. The van der Waals surface area contributed by atoms with Gasteiger partial charge in [0, 0.05) is 5.39 Å². The molecule has 0 aliphatic carbocycles. The molecule has 0 bridgehead atoms. The second-order valence-electron chi connectivity index (χ2n) is 3.02. The van der Waals surface area contributed by atoms with Gasteiger partial charge in [0.1, 0.15) is 5.82 Å². The summed E-state index contributed by atoms with van der Waals surface area (Å²) >= 11 is 0. The van der Waals surface area contributed by atoms with Crippen molar-refractivity contribution in [1.29, 1.82) is 0 Å². The number of nitrogens with zero attached hydrogens (tertiary/aromatic N) is 1. The molecule has 0 amide bonds. The van der Waals surface area contributed by atoms with Crippen molar-refractivity contribution in [2.24, 2.45) is 0 Å². The van der Waals surface area contributed by atoms with Crippen LogP contribution in [0.1, 0.15) is 12.6 Å². The van der Waals surface area contributed by atoms with E-state index in [2.05, 4.69) is 10.2 Å². The third kappa shape index (κ3) is 1.19. The van der Waals surface area contributed by atoms with Crippen LogP contribution in [0.15, 0.2) is 23.0 Å². The number of H-pyrrole nitrogens is 1. The molecule has 2 rings (SSSR count). The predicted molar refractivity (Wildman–Crippen MR) is 51.7 cm³/mol. The molecule has 2 aromatic rings. The summed E-state index contributed by atoms with van der Waals surface area (Å²) in [6.45, 7) is 1.91. The number of aromatic amines is 1. The smallest absolute Gasteiger partial charge is 0.267 e. The molecule has 0 aliphatic rings. The standard InChI is InChI=1S/C10H9FN2O/c1-2-8-6-4-3-5-7(11)9(6)10(14)13-12-8/h3-5H,2H2,1H3,(H,13,14). The van der Waals surface area contributed by atoms with E-state index in [0.29, 0.717) is 17.5 Å². The molecule has 1 aromatic carbocycles. The minimum absolute atomic E-state index is 0.0966. The molecule has 0 aliphatic heterocycles. The van der Waals surface area contributed by atoms with Gasteiger partial charge in [0.05, 0.1) is 11.1 Å². The Morgan fingerprint density at radius 1 is 1.50 bits per heavy atom. The first kappa shape index (κ1) is 8.87. The molecule has 0 unspecified atom stereocenters. The van der Waals surface area contributed by atoms with Crippen LogP contribution in [0, 0.1) is 5.82 Å². The molecule has 1 N–H and O–H groups in total. The highest BCUT2D eigenvalue weighted by Gasteiger charge is 2.08. The number of nitrogens with one attached hydrogen (secondary N) is 1. The number of aromatic nitrogens is 2. The Hall–Kier alpha value is -1.71. The number of hydrogen-bond donors (Lipinski definition) is 1. The van der Waals surface area contributed by atoms with E-state index in [1.807, 2.05) is 6.92 Å². The largest absolute Gasteiger partial charge is 0.275 e. The van der Waals surface area contributed by atoms with Crippen molar-refractivity contribution in [1.82, 2.24) is 10.2 Å². The minimum Gasteiger partial charge on any atom is -0.267 e. The van der Waals surface area contributed by atoms with Gasteiger partial charge in [-0.3, -0.25) is 4.79 Å². The van der Waals surface area contributed by atoms with Crippen LogP contribution in [0.2, 0.25) is 0 Å². The second kappa shape index (κ2) is 3.21. The Balaban J connectivity index is 2.99. The zero-order valence-electron chi connectivity index (χ0n) is 7.67. The summed E-state index contributed by atoms with van der Waals surface area (Å²) in [6, 6.07) is 4.56. The van der Waals surface area contributed by atoms with Gasteiger partial charge in [-0.2, -0.15) is 5.10 Å². The van der Waals surface area contributed by atoms with Crippen LogP contribution in [-0.4, -0.2) is 10.2 Å². The molecule has 0 atom stereocenters. The third-order valence-corrected chi connectivity index (χ3v) is 2.18. The third-order valence-electron chi connectivity index (χ3n) is 2.18. The lowest BCUT2D eigenvalue weighted by Crippen LogP contribution is -2.12. The Kier molecular flexibility index (Phi) is 2.04. The molecule has 72 valence electrons. The van der Waals surface area contributed by atoms with Crippen LogP contribution in [0.3, 0.4) is 0 Å². The fourth-order valence-electron chi connectivity index (χ4n) is 1.50. The monoisotopic (exact) mass is 192 g/mol. The number of fused-ring (bicyclic) bond motifs is 1. The number of halogens is 1. The zero-order valence-corrected chi connectivity index (χ0v) is 7.67. The zero-order chi connectivity index (χ0) is 10.1. The molecule has 3 nitrogen and oxygen atoms in total. The molecule has 0 radical (unpaired) electrons. The summed E-state index contributed by atoms with van der Waals surface area (Å²) in [7, 11) is 0. The maximum atomic E-state index is 13.3. The molecular formula is C10H9FN2O. The highest BCUT2D eigenvalue weighted by molar-refractivity contribution is 5.83. The Bertz CT molecular complexity index is 533. The van der Waals surface area contributed by atoms with Crippen LogP contribution >= 0.6 is 0 Å². The van der Waals surface area contributed by atoms with Crippen LogP contribution in [0.25, 0.3) is 10.8 Å². The second-order valence-corrected chi connectivity index (χ2v) is 3.02. The van der Waals surface area contributed by atoms with E-state index in [4.69, 9.17) is 0 Å². The predicted octanol–water partition coefficient (Wildman–Crippen LogP) is 1.62. The van der Waals surface area contributed by atoms with Crippen molar-refractivity contribution in [2.75, 3.05) is 0 Å². The van der Waals surface area contributed by atoms with E-state index in [9.17, 15) is 9.18 Å². The average molecular weight is 192 g/mol. The van der Waals surface area contributed by atoms with Gasteiger partial charge >= 0.3 is 0 Å². The van der Waals surface area contributed by atoms with Gasteiger partial charge in [0.2, 0.25) is 0 Å². The molecular weight excluding hydrogens is 183 g/mol. The van der Waals surface area contributed by atoms with E-state index >= 15 is 0 Å². The summed E-state index contributed by atoms with van der Waals surface area (Å²) in [6.07, 6.45) is 0.663. The van der Waals surface area contributed by atoms with Gasteiger partial charge in [-0.15, -0.1) is 0 Å². The summed E-state index contributed by atoms with van der Waals surface area (Å²) in [4.78, 5) is 11.3. The topological polar surface area (TPSA) is 45.8 Å².